The molecule has 0 aliphatic heterocycles. The smallest absolute Gasteiger partial charge is 0.306 e. The predicted molar refractivity (Wildman–Crippen MR) is 252 cm³/mol. The van der Waals surface area contributed by atoms with Gasteiger partial charge in [-0.25, -0.2) is 0 Å². The van der Waals surface area contributed by atoms with Crippen molar-refractivity contribution in [2.45, 2.75) is 271 Å². The summed E-state index contributed by atoms with van der Waals surface area (Å²) in [5.74, 6) is -0.885. The normalized spacial score (nSPS) is 12.3. The monoisotopic (exact) mass is 829 g/mol. The minimum atomic E-state index is -0.775. The molecule has 0 amide bonds. The van der Waals surface area contributed by atoms with Crippen molar-refractivity contribution in [1.29, 1.82) is 0 Å². The Balaban J connectivity index is 4.35. The van der Waals surface area contributed by atoms with E-state index in [2.05, 4.69) is 57.2 Å². The van der Waals surface area contributed by atoms with Gasteiger partial charge in [-0.1, -0.05) is 205 Å². The number of ether oxygens (including phenoxy) is 3. The molecule has 0 N–H and O–H groups in total. The molecule has 0 aromatic rings. The van der Waals surface area contributed by atoms with Crippen LogP contribution in [0, 0.1) is 0 Å². The highest BCUT2D eigenvalue weighted by atomic mass is 16.6. The Hall–Kier alpha value is -2.37. The van der Waals surface area contributed by atoms with Crippen LogP contribution in [0.15, 0.2) is 36.5 Å². The fourth-order valence-electron chi connectivity index (χ4n) is 7.23. The van der Waals surface area contributed by atoms with Crippen molar-refractivity contribution >= 4 is 17.9 Å². The van der Waals surface area contributed by atoms with E-state index in [1.807, 2.05) is 0 Å². The molecule has 0 saturated heterocycles. The van der Waals surface area contributed by atoms with Gasteiger partial charge in [-0.05, 0) is 77.0 Å². The van der Waals surface area contributed by atoms with Gasteiger partial charge < -0.3 is 14.2 Å². The Morgan fingerprint density at radius 2 is 0.610 bits per heavy atom. The second-order valence-electron chi connectivity index (χ2n) is 17.1. The summed E-state index contributed by atoms with van der Waals surface area (Å²) < 4.78 is 16.8. The summed E-state index contributed by atoms with van der Waals surface area (Å²) >= 11 is 0. The van der Waals surface area contributed by atoms with Gasteiger partial charge in [0.2, 0.25) is 0 Å². The predicted octanol–water partition coefficient (Wildman–Crippen LogP) is 16.5. The molecule has 0 spiro atoms. The van der Waals surface area contributed by atoms with Crippen molar-refractivity contribution in [2.24, 2.45) is 0 Å². The van der Waals surface area contributed by atoms with Crippen LogP contribution in [0.25, 0.3) is 0 Å². The maximum Gasteiger partial charge on any atom is 0.306 e. The van der Waals surface area contributed by atoms with Crippen LogP contribution in [0.5, 0.6) is 0 Å². The molecule has 0 radical (unpaired) electrons. The van der Waals surface area contributed by atoms with E-state index in [4.69, 9.17) is 14.2 Å². The van der Waals surface area contributed by atoms with Gasteiger partial charge in [0.25, 0.3) is 0 Å². The fraction of sp³-hybridized carbons (Fsp3) is 0.830. The quantitative estimate of drug-likeness (QED) is 0.0263. The SMILES string of the molecule is CCCCC/C=C\C/C=C\CCCCCCCCCC(=O)OC[C@@H](COC(=O)CCCCCCCCCCCCCC)OC(=O)CCCCCCC/C=C\CCCCC. The Morgan fingerprint density at radius 3 is 0.983 bits per heavy atom. The van der Waals surface area contributed by atoms with Crippen LogP contribution in [-0.2, 0) is 28.6 Å². The maximum atomic E-state index is 12.8. The van der Waals surface area contributed by atoms with Gasteiger partial charge >= 0.3 is 17.9 Å². The molecule has 0 heterocycles. The largest absolute Gasteiger partial charge is 0.462 e. The lowest BCUT2D eigenvalue weighted by Gasteiger charge is -2.18. The number of esters is 3. The third kappa shape index (κ3) is 46.5. The Labute approximate surface area is 365 Å². The second-order valence-corrected chi connectivity index (χ2v) is 17.1. The molecule has 0 saturated carbocycles. The Morgan fingerprint density at radius 1 is 0.339 bits per heavy atom. The van der Waals surface area contributed by atoms with Gasteiger partial charge in [0.1, 0.15) is 13.2 Å². The third-order valence-electron chi connectivity index (χ3n) is 11.1. The van der Waals surface area contributed by atoms with E-state index in [0.29, 0.717) is 19.3 Å². The lowest BCUT2D eigenvalue weighted by Crippen LogP contribution is -2.30. The van der Waals surface area contributed by atoms with E-state index in [1.165, 1.54) is 141 Å². The molecular weight excluding hydrogens is 733 g/mol. The number of allylic oxidation sites excluding steroid dienone is 6. The first-order valence-electron chi connectivity index (χ1n) is 25.5. The third-order valence-corrected chi connectivity index (χ3v) is 11.1. The standard InChI is InChI=1S/C53H96O6/c1-4-7-10-13-16-19-22-25-26-27-28-29-32-34-37-40-43-46-52(55)58-49-50(59-53(56)47-44-41-38-35-31-24-21-18-15-12-9-6-3)48-57-51(54)45-42-39-36-33-30-23-20-17-14-11-8-5-2/h16,18-19,21,25-26,50H,4-15,17,20,22-24,27-49H2,1-3H3/b19-16-,21-18-,26-25-/t50-/m1/s1. The molecular formula is C53H96O6. The van der Waals surface area contributed by atoms with Crippen LogP contribution in [-0.4, -0.2) is 37.2 Å². The van der Waals surface area contributed by atoms with Gasteiger partial charge in [-0.15, -0.1) is 0 Å². The lowest BCUT2D eigenvalue weighted by atomic mass is 10.0. The zero-order valence-electron chi connectivity index (χ0n) is 39.3. The fourth-order valence-corrected chi connectivity index (χ4v) is 7.23. The first-order chi connectivity index (χ1) is 29.0. The average molecular weight is 829 g/mol. The molecule has 344 valence electrons. The van der Waals surface area contributed by atoms with Gasteiger partial charge in [-0.3, -0.25) is 14.4 Å². The van der Waals surface area contributed by atoms with E-state index >= 15 is 0 Å². The van der Waals surface area contributed by atoms with Crippen LogP contribution in [0.1, 0.15) is 265 Å². The minimum Gasteiger partial charge on any atom is -0.462 e. The molecule has 6 heteroatoms. The van der Waals surface area contributed by atoms with Crippen molar-refractivity contribution in [3.63, 3.8) is 0 Å². The van der Waals surface area contributed by atoms with Crippen molar-refractivity contribution in [2.75, 3.05) is 13.2 Å². The van der Waals surface area contributed by atoms with Gasteiger partial charge in [0, 0.05) is 19.3 Å². The van der Waals surface area contributed by atoms with Crippen LogP contribution in [0.4, 0.5) is 0 Å². The highest BCUT2D eigenvalue weighted by molar-refractivity contribution is 5.71. The highest BCUT2D eigenvalue weighted by Gasteiger charge is 2.19. The van der Waals surface area contributed by atoms with Crippen LogP contribution >= 0.6 is 0 Å². The summed E-state index contributed by atoms with van der Waals surface area (Å²) in [5.41, 5.74) is 0. The van der Waals surface area contributed by atoms with E-state index < -0.39 is 6.10 Å². The molecule has 59 heavy (non-hydrogen) atoms. The molecule has 6 nitrogen and oxygen atoms in total. The Bertz CT molecular complexity index is 1000. The van der Waals surface area contributed by atoms with E-state index in [1.54, 1.807) is 0 Å². The molecule has 1 atom stereocenters. The molecule has 0 rings (SSSR count). The Kier molecular flexibility index (Phi) is 46.4. The molecule has 0 aliphatic rings. The van der Waals surface area contributed by atoms with Gasteiger partial charge in [-0.2, -0.15) is 0 Å². The topological polar surface area (TPSA) is 78.9 Å². The van der Waals surface area contributed by atoms with Crippen LogP contribution in [0.2, 0.25) is 0 Å². The maximum absolute atomic E-state index is 12.8. The first-order valence-corrected chi connectivity index (χ1v) is 25.5. The second kappa shape index (κ2) is 48.3. The van der Waals surface area contributed by atoms with E-state index in [9.17, 15) is 14.4 Å². The number of rotatable bonds is 46. The number of carbonyl (C=O) groups excluding carboxylic acids is 3. The summed E-state index contributed by atoms with van der Waals surface area (Å²) in [6.07, 6.45) is 55.5. The summed E-state index contributed by atoms with van der Waals surface area (Å²) in [7, 11) is 0. The molecule has 0 aliphatic carbocycles. The molecule has 0 aromatic carbocycles. The van der Waals surface area contributed by atoms with Gasteiger partial charge in [0.05, 0.1) is 0 Å². The average Bonchev–Trinajstić information content (AvgIpc) is 3.23. The number of unbranched alkanes of at least 4 members (excludes halogenated alkanes) is 29. The molecule has 0 unspecified atom stereocenters. The molecule has 0 aromatic heterocycles. The zero-order valence-corrected chi connectivity index (χ0v) is 39.3. The van der Waals surface area contributed by atoms with Gasteiger partial charge in [0.15, 0.2) is 6.10 Å². The number of hydrogen-bond donors (Lipinski definition) is 0. The number of hydrogen-bond acceptors (Lipinski definition) is 6. The number of carbonyl (C=O) groups is 3. The summed E-state index contributed by atoms with van der Waals surface area (Å²) in [6, 6.07) is 0. The van der Waals surface area contributed by atoms with E-state index in [-0.39, 0.29) is 31.1 Å². The van der Waals surface area contributed by atoms with Crippen molar-refractivity contribution < 1.29 is 28.6 Å². The summed E-state index contributed by atoms with van der Waals surface area (Å²) in [5, 5.41) is 0. The molecule has 0 fully saturated rings. The first kappa shape index (κ1) is 56.6. The van der Waals surface area contributed by atoms with Crippen molar-refractivity contribution in [3.8, 4) is 0 Å². The van der Waals surface area contributed by atoms with Crippen LogP contribution in [0.3, 0.4) is 0 Å². The molecule has 0 bridgehead atoms. The van der Waals surface area contributed by atoms with E-state index in [0.717, 1.165) is 83.5 Å². The summed E-state index contributed by atoms with van der Waals surface area (Å²) in [4.78, 5) is 37.9. The van der Waals surface area contributed by atoms with Crippen molar-refractivity contribution in [1.82, 2.24) is 0 Å². The van der Waals surface area contributed by atoms with Crippen molar-refractivity contribution in [3.05, 3.63) is 36.5 Å². The highest BCUT2D eigenvalue weighted by Crippen LogP contribution is 2.15. The van der Waals surface area contributed by atoms with Crippen LogP contribution < -0.4 is 0 Å². The lowest BCUT2D eigenvalue weighted by molar-refractivity contribution is -0.167. The summed E-state index contributed by atoms with van der Waals surface area (Å²) in [6.45, 7) is 6.59. The zero-order chi connectivity index (χ0) is 43.0. The minimum absolute atomic E-state index is 0.0754.